The maximum absolute atomic E-state index is 4.73. The summed E-state index contributed by atoms with van der Waals surface area (Å²) < 4.78 is 0. The molecule has 3 rings (SSSR count). The average Bonchev–Trinajstić information content (AvgIpc) is 2.65. The van der Waals surface area contributed by atoms with Gasteiger partial charge >= 0.3 is 0 Å². The van der Waals surface area contributed by atoms with Crippen molar-refractivity contribution in [1.29, 1.82) is 0 Å². The number of thioether (sulfide) groups is 1. The van der Waals surface area contributed by atoms with E-state index in [-0.39, 0.29) is 24.0 Å². The number of rotatable bonds is 4. The second-order valence-electron chi connectivity index (χ2n) is 6.54. The van der Waals surface area contributed by atoms with Gasteiger partial charge in [-0.15, -0.1) is 24.0 Å². The first-order chi connectivity index (χ1) is 12.2. The van der Waals surface area contributed by atoms with Crippen LogP contribution in [0.5, 0.6) is 0 Å². The molecule has 1 saturated heterocycles. The van der Waals surface area contributed by atoms with Crippen LogP contribution in [0.3, 0.4) is 0 Å². The van der Waals surface area contributed by atoms with Crippen molar-refractivity contribution < 1.29 is 0 Å². The Labute approximate surface area is 177 Å². The van der Waals surface area contributed by atoms with E-state index in [1.165, 1.54) is 29.5 Å². The van der Waals surface area contributed by atoms with E-state index in [9.17, 15) is 0 Å². The summed E-state index contributed by atoms with van der Waals surface area (Å²) in [5.74, 6) is 4.28. The van der Waals surface area contributed by atoms with Crippen molar-refractivity contribution in [3.05, 3.63) is 35.9 Å². The van der Waals surface area contributed by atoms with Gasteiger partial charge in [0.05, 0.1) is 5.52 Å². The summed E-state index contributed by atoms with van der Waals surface area (Å²) in [5, 5.41) is 8.21. The lowest BCUT2D eigenvalue weighted by atomic mass is 10.1. The minimum absolute atomic E-state index is 0. The summed E-state index contributed by atoms with van der Waals surface area (Å²) in [7, 11) is 5.88. The van der Waals surface area contributed by atoms with Crippen molar-refractivity contribution in [3.63, 3.8) is 0 Å². The molecule has 2 heterocycles. The van der Waals surface area contributed by atoms with Crippen LogP contribution in [0.2, 0.25) is 0 Å². The van der Waals surface area contributed by atoms with Crippen LogP contribution in [0.25, 0.3) is 10.9 Å². The van der Waals surface area contributed by atoms with Gasteiger partial charge in [-0.25, -0.2) is 4.98 Å². The van der Waals surface area contributed by atoms with Crippen molar-refractivity contribution in [2.45, 2.75) is 25.4 Å². The molecular weight excluding hydrogens is 457 g/mol. The largest absolute Gasteiger partial charge is 0.363 e. The van der Waals surface area contributed by atoms with Gasteiger partial charge in [0, 0.05) is 44.9 Å². The number of hydrogen-bond acceptors (Lipinski definition) is 4. The number of aromatic nitrogens is 1. The fourth-order valence-corrected chi connectivity index (χ4v) is 4.10. The second kappa shape index (κ2) is 10.2. The minimum Gasteiger partial charge on any atom is -0.363 e. The Bertz CT molecular complexity index is 744. The molecule has 1 aromatic carbocycles. The Kier molecular flexibility index (Phi) is 8.27. The summed E-state index contributed by atoms with van der Waals surface area (Å²) in [5.41, 5.74) is 2.26. The Hall–Kier alpha value is -1.22. The third-order valence-electron chi connectivity index (χ3n) is 4.42. The number of para-hydroxylation sites is 1. The molecule has 0 spiro atoms. The number of aliphatic imine (C=N–C) groups is 1. The summed E-state index contributed by atoms with van der Waals surface area (Å²) in [6, 6.07) is 11.0. The molecule has 5 nitrogen and oxygen atoms in total. The number of anilines is 1. The van der Waals surface area contributed by atoms with Gasteiger partial charge in [-0.1, -0.05) is 18.2 Å². The number of nitrogens with zero attached hydrogens (tertiary/aromatic N) is 3. The van der Waals surface area contributed by atoms with E-state index in [0.717, 1.165) is 29.6 Å². The smallest absolute Gasteiger partial charge is 0.191 e. The fourth-order valence-electron chi connectivity index (χ4n) is 3.03. The molecule has 26 heavy (non-hydrogen) atoms. The van der Waals surface area contributed by atoms with Crippen LogP contribution < -0.4 is 15.5 Å². The molecule has 0 radical (unpaired) electrons. The molecule has 7 heteroatoms. The molecule has 1 fully saturated rings. The van der Waals surface area contributed by atoms with Gasteiger partial charge in [0.2, 0.25) is 0 Å². The SMILES string of the molecule is CN=C(NCc1cc(N(C)C)nc2ccccc12)NC1CCCSC1.I. The number of fused-ring (bicyclic) bond motifs is 1. The van der Waals surface area contributed by atoms with Crippen LogP contribution in [-0.4, -0.2) is 49.6 Å². The number of benzene rings is 1. The maximum atomic E-state index is 4.73. The van der Waals surface area contributed by atoms with Gasteiger partial charge in [0.25, 0.3) is 0 Å². The zero-order valence-electron chi connectivity index (χ0n) is 15.7. The topological polar surface area (TPSA) is 52.6 Å². The molecule has 0 amide bonds. The first-order valence-electron chi connectivity index (χ1n) is 8.78. The lowest BCUT2D eigenvalue weighted by Crippen LogP contribution is -2.45. The molecule has 0 saturated carbocycles. The molecule has 2 N–H and O–H groups in total. The number of nitrogens with one attached hydrogen (secondary N) is 2. The maximum Gasteiger partial charge on any atom is 0.191 e. The number of pyridine rings is 1. The van der Waals surface area contributed by atoms with E-state index < -0.39 is 0 Å². The molecule has 1 aliphatic heterocycles. The molecular formula is C19H28IN5S. The summed E-state index contributed by atoms with van der Waals surface area (Å²) >= 11 is 2.02. The molecule has 0 aliphatic carbocycles. The van der Waals surface area contributed by atoms with Crippen molar-refractivity contribution in [2.75, 3.05) is 37.5 Å². The van der Waals surface area contributed by atoms with Gasteiger partial charge in [0.15, 0.2) is 5.96 Å². The molecule has 1 aromatic heterocycles. The number of halogens is 1. The highest BCUT2D eigenvalue weighted by Crippen LogP contribution is 2.22. The third-order valence-corrected chi connectivity index (χ3v) is 5.63. The highest BCUT2D eigenvalue weighted by molar-refractivity contribution is 14.0. The Morgan fingerprint density at radius 1 is 1.35 bits per heavy atom. The summed E-state index contributed by atoms with van der Waals surface area (Å²) in [4.78, 5) is 11.2. The third kappa shape index (κ3) is 5.39. The molecule has 142 valence electrons. The number of guanidine groups is 1. The second-order valence-corrected chi connectivity index (χ2v) is 7.69. The number of hydrogen-bond donors (Lipinski definition) is 2. The minimum atomic E-state index is 0. The normalized spacial score (nSPS) is 17.5. The van der Waals surface area contributed by atoms with Crippen molar-refractivity contribution in [1.82, 2.24) is 15.6 Å². The fraction of sp³-hybridized carbons (Fsp3) is 0.474. The van der Waals surface area contributed by atoms with Crippen LogP contribution in [-0.2, 0) is 6.54 Å². The molecule has 0 bridgehead atoms. The summed E-state index contributed by atoms with van der Waals surface area (Å²) in [6.07, 6.45) is 2.50. The molecule has 1 unspecified atom stereocenters. The van der Waals surface area contributed by atoms with Gasteiger partial charge in [-0.05, 0) is 36.3 Å². The zero-order valence-corrected chi connectivity index (χ0v) is 18.8. The predicted octanol–water partition coefficient (Wildman–Crippen LogP) is 3.48. The standard InChI is InChI=1S/C19H27N5S.HI/c1-20-19(22-15-7-6-10-25-13-15)21-12-14-11-18(24(2)3)23-17-9-5-4-8-16(14)17;/h4-5,8-9,11,15H,6-7,10,12-13H2,1-3H3,(H2,20,21,22);1H. The molecule has 1 aliphatic rings. The Balaban J connectivity index is 0.00000243. The van der Waals surface area contributed by atoms with Crippen molar-refractivity contribution >= 4 is 58.4 Å². The van der Waals surface area contributed by atoms with Crippen LogP contribution in [0.15, 0.2) is 35.3 Å². The van der Waals surface area contributed by atoms with Gasteiger partial charge in [-0.3, -0.25) is 4.99 Å². The van der Waals surface area contributed by atoms with E-state index in [1.54, 1.807) is 0 Å². The monoisotopic (exact) mass is 485 g/mol. The van der Waals surface area contributed by atoms with Gasteiger partial charge in [0.1, 0.15) is 5.82 Å². The first kappa shape index (κ1) is 21.1. The van der Waals surface area contributed by atoms with Crippen LogP contribution >= 0.6 is 35.7 Å². The van der Waals surface area contributed by atoms with Gasteiger partial charge in [-0.2, -0.15) is 11.8 Å². The van der Waals surface area contributed by atoms with Crippen LogP contribution in [0.4, 0.5) is 5.82 Å². The highest BCUT2D eigenvalue weighted by atomic mass is 127. The zero-order chi connectivity index (χ0) is 17.6. The van der Waals surface area contributed by atoms with E-state index in [4.69, 9.17) is 4.98 Å². The van der Waals surface area contributed by atoms with E-state index in [1.807, 2.05) is 43.9 Å². The first-order valence-corrected chi connectivity index (χ1v) is 9.94. The van der Waals surface area contributed by atoms with Gasteiger partial charge < -0.3 is 15.5 Å². The van der Waals surface area contributed by atoms with E-state index >= 15 is 0 Å². The Morgan fingerprint density at radius 2 is 2.15 bits per heavy atom. The highest BCUT2D eigenvalue weighted by Gasteiger charge is 2.15. The summed E-state index contributed by atoms with van der Waals surface area (Å²) in [6.45, 7) is 0.726. The van der Waals surface area contributed by atoms with E-state index in [2.05, 4.69) is 39.9 Å². The Morgan fingerprint density at radius 3 is 2.85 bits per heavy atom. The predicted molar refractivity (Wildman–Crippen MR) is 125 cm³/mol. The lowest BCUT2D eigenvalue weighted by Gasteiger charge is -2.24. The van der Waals surface area contributed by atoms with Crippen LogP contribution in [0, 0.1) is 0 Å². The van der Waals surface area contributed by atoms with E-state index in [0.29, 0.717) is 6.04 Å². The lowest BCUT2D eigenvalue weighted by molar-refractivity contribution is 0.582. The van der Waals surface area contributed by atoms with Crippen LogP contribution in [0.1, 0.15) is 18.4 Å². The van der Waals surface area contributed by atoms with Crippen molar-refractivity contribution in [3.8, 4) is 0 Å². The average molecular weight is 485 g/mol. The molecule has 2 aromatic rings. The molecule has 1 atom stereocenters. The van der Waals surface area contributed by atoms with Crippen molar-refractivity contribution in [2.24, 2.45) is 4.99 Å². The quantitative estimate of drug-likeness (QED) is 0.395.